The van der Waals surface area contributed by atoms with Crippen molar-refractivity contribution in [1.29, 1.82) is 0 Å². The predicted molar refractivity (Wildman–Crippen MR) is 75.9 cm³/mol. The largest absolute Gasteiger partial charge is 0.387 e. The molecule has 0 aliphatic carbocycles. The highest BCUT2D eigenvalue weighted by molar-refractivity contribution is 5.81. The van der Waals surface area contributed by atoms with Crippen LogP contribution in [0.15, 0.2) is 0 Å². The van der Waals surface area contributed by atoms with E-state index >= 15 is 0 Å². The molecule has 2 fully saturated rings. The van der Waals surface area contributed by atoms with Gasteiger partial charge in [0, 0.05) is 26.2 Å². The lowest BCUT2D eigenvalue weighted by Crippen LogP contribution is -2.68. The molecule has 2 heterocycles. The van der Waals surface area contributed by atoms with Crippen LogP contribution >= 0.6 is 0 Å². The first-order chi connectivity index (χ1) is 8.94. The Balaban J connectivity index is 1.86. The number of amides is 1. The van der Waals surface area contributed by atoms with Crippen LogP contribution in [0.4, 0.5) is 0 Å². The highest BCUT2D eigenvalue weighted by Gasteiger charge is 2.47. The van der Waals surface area contributed by atoms with Crippen LogP contribution < -0.4 is 0 Å². The first-order valence-corrected chi connectivity index (χ1v) is 7.69. The van der Waals surface area contributed by atoms with Gasteiger partial charge in [-0.3, -0.25) is 9.69 Å². The minimum atomic E-state index is -0.590. The van der Waals surface area contributed by atoms with E-state index in [2.05, 4.69) is 4.90 Å². The second kappa shape index (κ2) is 5.80. The Kier molecular flexibility index (Phi) is 4.51. The van der Waals surface area contributed by atoms with E-state index in [4.69, 9.17) is 0 Å². The molecule has 0 saturated carbocycles. The van der Waals surface area contributed by atoms with E-state index in [0.717, 1.165) is 25.9 Å². The molecule has 1 atom stereocenters. The SMILES string of the molecule is CC(C(=O)N1CCCCCC1)N1CC(O)(C(C)C)C1. The molecule has 1 amide bonds. The monoisotopic (exact) mass is 268 g/mol. The second-order valence-corrected chi connectivity index (χ2v) is 6.58. The summed E-state index contributed by atoms with van der Waals surface area (Å²) < 4.78 is 0. The summed E-state index contributed by atoms with van der Waals surface area (Å²) in [6, 6.07) is -0.0860. The number of carbonyl (C=O) groups is 1. The van der Waals surface area contributed by atoms with Crippen molar-refractivity contribution in [2.45, 2.75) is 58.1 Å². The maximum Gasteiger partial charge on any atom is 0.239 e. The van der Waals surface area contributed by atoms with Gasteiger partial charge in [-0.25, -0.2) is 0 Å². The molecular formula is C15H28N2O2. The predicted octanol–water partition coefficient (Wildman–Crippen LogP) is 1.48. The fourth-order valence-corrected chi connectivity index (χ4v) is 3.01. The lowest BCUT2D eigenvalue weighted by molar-refractivity contribution is -0.160. The molecule has 4 heteroatoms. The Labute approximate surface area is 116 Å². The number of nitrogens with zero attached hydrogens (tertiary/aromatic N) is 2. The van der Waals surface area contributed by atoms with E-state index in [1.54, 1.807) is 0 Å². The van der Waals surface area contributed by atoms with Crippen molar-refractivity contribution in [3.05, 3.63) is 0 Å². The van der Waals surface area contributed by atoms with E-state index in [9.17, 15) is 9.90 Å². The van der Waals surface area contributed by atoms with E-state index in [1.165, 1.54) is 12.8 Å². The average Bonchev–Trinajstić information content (AvgIpc) is 2.61. The summed E-state index contributed by atoms with van der Waals surface area (Å²) in [5, 5.41) is 10.3. The molecule has 1 N–H and O–H groups in total. The Morgan fingerprint density at radius 2 is 1.58 bits per heavy atom. The fraction of sp³-hybridized carbons (Fsp3) is 0.933. The summed E-state index contributed by atoms with van der Waals surface area (Å²) >= 11 is 0. The van der Waals surface area contributed by atoms with Gasteiger partial charge in [0.05, 0.1) is 11.6 Å². The molecule has 1 unspecified atom stereocenters. The molecule has 2 aliphatic rings. The quantitative estimate of drug-likeness (QED) is 0.843. The molecule has 110 valence electrons. The number of hydrogen-bond acceptors (Lipinski definition) is 3. The zero-order valence-electron chi connectivity index (χ0n) is 12.6. The van der Waals surface area contributed by atoms with Crippen LogP contribution in [0.3, 0.4) is 0 Å². The minimum Gasteiger partial charge on any atom is -0.387 e. The highest BCUT2D eigenvalue weighted by atomic mass is 16.3. The van der Waals surface area contributed by atoms with Crippen molar-refractivity contribution >= 4 is 5.91 Å². The third-order valence-electron chi connectivity index (χ3n) is 4.85. The zero-order chi connectivity index (χ0) is 14.0. The van der Waals surface area contributed by atoms with Crippen LogP contribution in [0.2, 0.25) is 0 Å². The Morgan fingerprint density at radius 3 is 2.05 bits per heavy atom. The molecule has 2 saturated heterocycles. The number of likely N-dealkylation sites (tertiary alicyclic amines) is 2. The van der Waals surface area contributed by atoms with Crippen molar-refractivity contribution in [3.63, 3.8) is 0 Å². The molecule has 4 nitrogen and oxygen atoms in total. The van der Waals surface area contributed by atoms with Crippen molar-refractivity contribution in [3.8, 4) is 0 Å². The van der Waals surface area contributed by atoms with E-state index in [1.807, 2.05) is 25.7 Å². The van der Waals surface area contributed by atoms with Gasteiger partial charge in [0.1, 0.15) is 0 Å². The Bertz CT molecular complexity index is 316. The normalized spacial score (nSPS) is 25.8. The summed E-state index contributed by atoms with van der Waals surface area (Å²) in [6.45, 7) is 9.14. The Morgan fingerprint density at radius 1 is 1.05 bits per heavy atom. The minimum absolute atomic E-state index is 0.0860. The summed E-state index contributed by atoms with van der Waals surface area (Å²) in [5.74, 6) is 0.497. The molecule has 2 aliphatic heterocycles. The van der Waals surface area contributed by atoms with Crippen LogP contribution in [-0.2, 0) is 4.79 Å². The average molecular weight is 268 g/mol. The van der Waals surface area contributed by atoms with Crippen LogP contribution in [-0.4, -0.2) is 58.6 Å². The van der Waals surface area contributed by atoms with Gasteiger partial charge in [0.2, 0.25) is 5.91 Å². The summed E-state index contributed by atoms with van der Waals surface area (Å²) in [4.78, 5) is 16.6. The molecule has 2 rings (SSSR count). The van der Waals surface area contributed by atoms with Gasteiger partial charge in [0.25, 0.3) is 0 Å². The third kappa shape index (κ3) is 3.11. The van der Waals surface area contributed by atoms with Crippen LogP contribution in [0.5, 0.6) is 0 Å². The maximum atomic E-state index is 12.5. The zero-order valence-corrected chi connectivity index (χ0v) is 12.6. The van der Waals surface area contributed by atoms with Crippen LogP contribution in [0.25, 0.3) is 0 Å². The van der Waals surface area contributed by atoms with E-state index in [0.29, 0.717) is 13.1 Å². The molecule has 0 aromatic heterocycles. The molecule has 19 heavy (non-hydrogen) atoms. The maximum absolute atomic E-state index is 12.5. The highest BCUT2D eigenvalue weighted by Crippen LogP contribution is 2.30. The van der Waals surface area contributed by atoms with Crippen LogP contribution in [0, 0.1) is 5.92 Å². The number of β-amino-alcohol motifs (C(OH)–C–C–N with tert-alkyl or cyclic N) is 1. The summed E-state index contributed by atoms with van der Waals surface area (Å²) in [7, 11) is 0. The Hall–Kier alpha value is -0.610. The van der Waals surface area contributed by atoms with Crippen LogP contribution in [0.1, 0.15) is 46.5 Å². The van der Waals surface area contributed by atoms with Gasteiger partial charge in [-0.1, -0.05) is 26.7 Å². The summed E-state index contributed by atoms with van der Waals surface area (Å²) in [5.41, 5.74) is -0.590. The molecule has 0 radical (unpaired) electrons. The smallest absolute Gasteiger partial charge is 0.239 e. The van der Waals surface area contributed by atoms with E-state index < -0.39 is 5.60 Å². The third-order valence-corrected chi connectivity index (χ3v) is 4.85. The molecular weight excluding hydrogens is 240 g/mol. The molecule has 0 aromatic rings. The van der Waals surface area contributed by atoms with Crippen molar-refractivity contribution < 1.29 is 9.90 Å². The van der Waals surface area contributed by atoms with Crippen molar-refractivity contribution in [2.75, 3.05) is 26.2 Å². The number of aliphatic hydroxyl groups is 1. The van der Waals surface area contributed by atoms with Crippen molar-refractivity contribution in [1.82, 2.24) is 9.80 Å². The second-order valence-electron chi connectivity index (χ2n) is 6.58. The molecule has 0 bridgehead atoms. The lowest BCUT2D eigenvalue weighted by atomic mass is 9.82. The first kappa shape index (κ1) is 14.8. The summed E-state index contributed by atoms with van der Waals surface area (Å²) in [6.07, 6.45) is 4.76. The number of hydrogen-bond donors (Lipinski definition) is 1. The lowest BCUT2D eigenvalue weighted by Gasteiger charge is -2.51. The van der Waals surface area contributed by atoms with Gasteiger partial charge in [0.15, 0.2) is 0 Å². The molecule has 0 spiro atoms. The topological polar surface area (TPSA) is 43.8 Å². The van der Waals surface area contributed by atoms with Gasteiger partial charge in [-0.15, -0.1) is 0 Å². The van der Waals surface area contributed by atoms with Gasteiger partial charge < -0.3 is 10.0 Å². The van der Waals surface area contributed by atoms with Gasteiger partial charge in [-0.05, 0) is 25.7 Å². The number of carbonyl (C=O) groups excluding carboxylic acids is 1. The standard InChI is InChI=1S/C15H28N2O2/c1-12(2)15(19)10-17(11-15)13(3)14(18)16-8-6-4-5-7-9-16/h12-13,19H,4-11H2,1-3H3. The number of rotatable bonds is 3. The van der Waals surface area contributed by atoms with Crippen molar-refractivity contribution in [2.24, 2.45) is 5.92 Å². The fourth-order valence-electron chi connectivity index (χ4n) is 3.01. The van der Waals surface area contributed by atoms with E-state index in [-0.39, 0.29) is 17.9 Å². The molecule has 0 aromatic carbocycles. The van der Waals surface area contributed by atoms with Gasteiger partial charge >= 0.3 is 0 Å². The van der Waals surface area contributed by atoms with Gasteiger partial charge in [-0.2, -0.15) is 0 Å². The first-order valence-electron chi connectivity index (χ1n) is 7.69.